The zero-order valence-electron chi connectivity index (χ0n) is 22.4. The van der Waals surface area contributed by atoms with Gasteiger partial charge in [-0.1, -0.05) is 66.5 Å². The number of carbonyl (C=O) groups excluding carboxylic acids is 2. The predicted octanol–water partition coefficient (Wildman–Crippen LogP) is 5.69. The van der Waals surface area contributed by atoms with Gasteiger partial charge in [-0.2, -0.15) is 0 Å². The van der Waals surface area contributed by atoms with Crippen molar-refractivity contribution in [3.05, 3.63) is 94.0 Å². The van der Waals surface area contributed by atoms with E-state index in [1.165, 1.54) is 17.0 Å². The molecule has 39 heavy (non-hydrogen) atoms. The molecule has 0 aliphatic carbocycles. The Hall–Kier alpha value is -3.07. The minimum absolute atomic E-state index is 0.0451. The smallest absolute Gasteiger partial charge is 0.264 e. The number of rotatable bonds is 11. The molecule has 0 unspecified atom stereocenters. The molecular formula is C29H33Cl2N3O4S. The van der Waals surface area contributed by atoms with Crippen molar-refractivity contribution in [1.29, 1.82) is 0 Å². The monoisotopic (exact) mass is 589 g/mol. The van der Waals surface area contributed by atoms with Crippen LogP contribution in [0.15, 0.2) is 77.7 Å². The van der Waals surface area contributed by atoms with E-state index in [1.54, 1.807) is 55.5 Å². The van der Waals surface area contributed by atoms with Gasteiger partial charge in [0.1, 0.15) is 12.6 Å². The Morgan fingerprint density at radius 1 is 0.872 bits per heavy atom. The summed E-state index contributed by atoms with van der Waals surface area (Å²) in [5, 5.41) is 3.48. The van der Waals surface area contributed by atoms with Crippen LogP contribution in [0.1, 0.15) is 38.8 Å². The van der Waals surface area contributed by atoms with Gasteiger partial charge in [0.15, 0.2) is 0 Å². The van der Waals surface area contributed by atoms with Crippen molar-refractivity contribution in [3.8, 4) is 0 Å². The Kier molecular flexibility index (Phi) is 10.4. The van der Waals surface area contributed by atoms with E-state index >= 15 is 0 Å². The molecule has 0 saturated carbocycles. The second kappa shape index (κ2) is 13.3. The maximum atomic E-state index is 13.9. The highest BCUT2D eigenvalue weighted by Crippen LogP contribution is 2.28. The molecule has 1 atom stereocenters. The second-order valence-electron chi connectivity index (χ2n) is 9.41. The van der Waals surface area contributed by atoms with Crippen molar-refractivity contribution in [3.63, 3.8) is 0 Å². The molecule has 0 bridgehead atoms. The first-order chi connectivity index (χ1) is 18.4. The average Bonchev–Trinajstić information content (AvgIpc) is 2.91. The highest BCUT2D eigenvalue weighted by Gasteiger charge is 2.33. The molecule has 0 fully saturated rings. The third-order valence-electron chi connectivity index (χ3n) is 6.23. The Labute approximate surface area is 240 Å². The summed E-state index contributed by atoms with van der Waals surface area (Å²) in [4.78, 5) is 28.3. The number of hydrogen-bond donors (Lipinski definition) is 1. The number of halogens is 2. The number of sulfonamides is 1. The summed E-state index contributed by atoms with van der Waals surface area (Å²) in [7, 11) is -4.12. The van der Waals surface area contributed by atoms with E-state index in [4.69, 9.17) is 23.2 Å². The maximum Gasteiger partial charge on any atom is 0.264 e. The van der Waals surface area contributed by atoms with E-state index in [0.29, 0.717) is 21.3 Å². The van der Waals surface area contributed by atoms with E-state index in [0.717, 1.165) is 16.3 Å². The summed E-state index contributed by atoms with van der Waals surface area (Å²) >= 11 is 12.8. The van der Waals surface area contributed by atoms with Gasteiger partial charge >= 0.3 is 0 Å². The number of nitrogens with zero attached hydrogens (tertiary/aromatic N) is 2. The summed E-state index contributed by atoms with van der Waals surface area (Å²) in [6.45, 7) is 6.60. The molecule has 1 N–H and O–H groups in total. The second-order valence-corrected chi connectivity index (χ2v) is 12.1. The summed E-state index contributed by atoms with van der Waals surface area (Å²) in [6, 6.07) is 18.8. The van der Waals surface area contributed by atoms with Gasteiger partial charge in [-0.15, -0.1) is 0 Å². The van der Waals surface area contributed by atoms with Gasteiger partial charge in [0, 0.05) is 28.2 Å². The lowest BCUT2D eigenvalue weighted by molar-refractivity contribution is -0.139. The van der Waals surface area contributed by atoms with Crippen LogP contribution in [0.25, 0.3) is 0 Å². The van der Waals surface area contributed by atoms with Crippen molar-refractivity contribution in [1.82, 2.24) is 10.2 Å². The molecule has 0 saturated heterocycles. The van der Waals surface area contributed by atoms with Crippen LogP contribution in [-0.2, 0) is 32.6 Å². The fraction of sp³-hybridized carbons (Fsp3) is 0.310. The summed E-state index contributed by atoms with van der Waals surface area (Å²) in [6.07, 6.45) is 0.777. The van der Waals surface area contributed by atoms with Gasteiger partial charge in [-0.05, 0) is 69.2 Å². The standard InChI is InChI=1S/C29H33Cl2N3O4S/c1-5-22-14-16-23(17-15-22)34(39(37,38)24-10-7-6-8-11-24)19-28(35)33(21(4)29(36)32-20(2)3)18-25-26(30)12-9-13-27(25)31/h6-17,20-21H,5,18-19H2,1-4H3,(H,32,36)/t21-/m1/s1. The van der Waals surface area contributed by atoms with Crippen LogP contribution in [0.5, 0.6) is 0 Å². The van der Waals surface area contributed by atoms with Gasteiger partial charge in [-0.25, -0.2) is 8.42 Å². The molecule has 2 amide bonds. The van der Waals surface area contributed by atoms with Crippen LogP contribution in [-0.4, -0.2) is 43.8 Å². The molecule has 0 aromatic heterocycles. The zero-order chi connectivity index (χ0) is 28.7. The van der Waals surface area contributed by atoms with Gasteiger partial charge in [0.25, 0.3) is 10.0 Å². The predicted molar refractivity (Wildman–Crippen MR) is 157 cm³/mol. The van der Waals surface area contributed by atoms with Gasteiger partial charge in [0.2, 0.25) is 11.8 Å². The molecule has 3 rings (SSSR count). The average molecular weight is 591 g/mol. The molecule has 0 radical (unpaired) electrons. The first-order valence-corrected chi connectivity index (χ1v) is 14.8. The highest BCUT2D eigenvalue weighted by molar-refractivity contribution is 7.92. The van der Waals surface area contributed by atoms with E-state index in [-0.39, 0.29) is 23.4 Å². The number of carbonyl (C=O) groups is 2. The normalized spacial score (nSPS) is 12.2. The lowest BCUT2D eigenvalue weighted by Crippen LogP contribution is -2.52. The van der Waals surface area contributed by atoms with Crippen LogP contribution in [0, 0.1) is 0 Å². The number of nitrogens with one attached hydrogen (secondary N) is 1. The van der Waals surface area contributed by atoms with Crippen molar-refractivity contribution in [2.45, 2.75) is 57.6 Å². The van der Waals surface area contributed by atoms with E-state index in [9.17, 15) is 18.0 Å². The number of aryl methyl sites for hydroxylation is 1. The Bertz CT molecular complexity index is 1380. The van der Waals surface area contributed by atoms with Gasteiger partial charge in [-0.3, -0.25) is 13.9 Å². The molecular weight excluding hydrogens is 557 g/mol. The van der Waals surface area contributed by atoms with Crippen molar-refractivity contribution < 1.29 is 18.0 Å². The molecule has 10 heteroatoms. The number of amides is 2. The first kappa shape index (κ1) is 30.5. The molecule has 0 aliphatic heterocycles. The SMILES string of the molecule is CCc1ccc(N(CC(=O)N(Cc2c(Cl)cccc2Cl)[C@H](C)C(=O)NC(C)C)S(=O)(=O)c2ccccc2)cc1. The zero-order valence-corrected chi connectivity index (χ0v) is 24.7. The van der Waals surface area contributed by atoms with Crippen molar-refractivity contribution >= 4 is 50.7 Å². The fourth-order valence-corrected chi connectivity index (χ4v) is 5.94. The molecule has 0 spiro atoms. The minimum Gasteiger partial charge on any atom is -0.352 e. The lowest BCUT2D eigenvalue weighted by Gasteiger charge is -2.32. The van der Waals surface area contributed by atoms with Crippen LogP contribution >= 0.6 is 23.2 Å². The number of benzene rings is 3. The van der Waals surface area contributed by atoms with Crippen LogP contribution in [0.4, 0.5) is 5.69 Å². The third-order valence-corrected chi connectivity index (χ3v) is 8.73. The summed E-state index contributed by atoms with van der Waals surface area (Å²) in [5.41, 5.74) is 1.82. The Morgan fingerprint density at radius 2 is 1.46 bits per heavy atom. The highest BCUT2D eigenvalue weighted by atomic mass is 35.5. The lowest BCUT2D eigenvalue weighted by atomic mass is 10.1. The third kappa shape index (κ3) is 7.53. The summed E-state index contributed by atoms with van der Waals surface area (Å²) in [5.74, 6) is -0.970. The Morgan fingerprint density at radius 3 is 2.00 bits per heavy atom. The Balaban J connectivity index is 2.06. The molecule has 0 heterocycles. The fourth-order valence-electron chi connectivity index (χ4n) is 3.99. The van der Waals surface area contributed by atoms with Crippen LogP contribution < -0.4 is 9.62 Å². The van der Waals surface area contributed by atoms with Crippen molar-refractivity contribution in [2.24, 2.45) is 0 Å². The first-order valence-electron chi connectivity index (χ1n) is 12.6. The minimum atomic E-state index is -4.12. The molecule has 208 valence electrons. The van der Waals surface area contributed by atoms with Crippen molar-refractivity contribution in [2.75, 3.05) is 10.8 Å². The van der Waals surface area contributed by atoms with E-state index in [2.05, 4.69) is 5.32 Å². The summed E-state index contributed by atoms with van der Waals surface area (Å²) < 4.78 is 28.7. The largest absolute Gasteiger partial charge is 0.352 e. The maximum absolute atomic E-state index is 13.9. The molecule has 3 aromatic rings. The van der Waals surface area contributed by atoms with Crippen LogP contribution in [0.2, 0.25) is 10.0 Å². The van der Waals surface area contributed by atoms with Gasteiger partial charge in [0.05, 0.1) is 10.6 Å². The molecule has 3 aromatic carbocycles. The van der Waals surface area contributed by atoms with Crippen LogP contribution in [0.3, 0.4) is 0 Å². The topological polar surface area (TPSA) is 86.8 Å². The quantitative estimate of drug-likeness (QED) is 0.311. The molecule has 0 aliphatic rings. The van der Waals surface area contributed by atoms with Gasteiger partial charge < -0.3 is 10.2 Å². The molecule has 7 nitrogen and oxygen atoms in total. The van der Waals surface area contributed by atoms with E-state index in [1.807, 2.05) is 32.9 Å². The van der Waals surface area contributed by atoms with E-state index < -0.39 is 28.5 Å². The number of hydrogen-bond acceptors (Lipinski definition) is 4. The number of anilines is 1.